The second-order valence-electron chi connectivity index (χ2n) is 10.1. The molecular weight excluding hydrogens is 376 g/mol. The highest BCUT2D eigenvalue weighted by Crippen LogP contribution is 2.34. The van der Waals surface area contributed by atoms with Crippen molar-refractivity contribution in [1.82, 2.24) is 19.4 Å². The number of hydrogen-bond donors (Lipinski definition) is 1. The van der Waals surface area contributed by atoms with Crippen molar-refractivity contribution in [2.45, 2.75) is 57.5 Å². The highest BCUT2D eigenvalue weighted by molar-refractivity contribution is 5.97. The van der Waals surface area contributed by atoms with Gasteiger partial charge in [-0.05, 0) is 61.6 Å². The minimum atomic E-state index is 0.127. The lowest BCUT2D eigenvalue weighted by atomic mass is 9.95. The second kappa shape index (κ2) is 7.26. The Morgan fingerprint density at radius 2 is 1.70 bits per heavy atom. The zero-order valence-electron chi connectivity index (χ0n) is 17.7. The van der Waals surface area contributed by atoms with Gasteiger partial charge >= 0.3 is 5.69 Å². The molecule has 0 spiro atoms. The maximum Gasteiger partial charge on any atom is 0.329 e. The molecule has 2 aromatic rings. The number of rotatable bonds is 4. The summed E-state index contributed by atoms with van der Waals surface area (Å²) in [7, 11) is 0. The van der Waals surface area contributed by atoms with Crippen molar-refractivity contribution < 1.29 is 4.79 Å². The minimum Gasteiger partial charge on any atom is -0.338 e. The summed E-state index contributed by atoms with van der Waals surface area (Å²) in [5, 5.41) is 3.44. The number of fused-ring (bicyclic) bond motifs is 2. The average Bonchev–Trinajstić information content (AvgIpc) is 3.22. The standard InChI is InChI=1S/C24H32N4O2/c29-23(26-14-18-11-25-12-19(18)15-26)17-8-9-21-22(10-17)27(13-16-6-7-16)24(30)28(21)20-4-2-1-3-5-20/h8-10,16,18-20,25H,1-7,11-15H2/t18-,19+. The van der Waals surface area contributed by atoms with Crippen LogP contribution in [0.2, 0.25) is 0 Å². The van der Waals surface area contributed by atoms with Gasteiger partial charge in [0.25, 0.3) is 5.91 Å². The van der Waals surface area contributed by atoms with Gasteiger partial charge in [-0.25, -0.2) is 4.79 Å². The van der Waals surface area contributed by atoms with Crippen LogP contribution in [0.4, 0.5) is 0 Å². The Morgan fingerprint density at radius 3 is 2.40 bits per heavy atom. The molecule has 4 aliphatic rings. The maximum absolute atomic E-state index is 13.4. The summed E-state index contributed by atoms with van der Waals surface area (Å²) in [4.78, 5) is 28.7. The van der Waals surface area contributed by atoms with Gasteiger partial charge in [0.15, 0.2) is 0 Å². The van der Waals surface area contributed by atoms with Crippen molar-refractivity contribution in [2.75, 3.05) is 26.2 Å². The molecule has 0 bridgehead atoms. The molecule has 6 heteroatoms. The summed E-state index contributed by atoms with van der Waals surface area (Å²) < 4.78 is 4.03. The smallest absolute Gasteiger partial charge is 0.329 e. The van der Waals surface area contributed by atoms with E-state index in [1.807, 2.05) is 27.7 Å². The van der Waals surface area contributed by atoms with Crippen LogP contribution < -0.4 is 11.0 Å². The van der Waals surface area contributed by atoms with E-state index in [9.17, 15) is 9.59 Å². The van der Waals surface area contributed by atoms with Gasteiger partial charge in [-0.15, -0.1) is 0 Å². The number of likely N-dealkylation sites (tertiary alicyclic amines) is 1. The monoisotopic (exact) mass is 408 g/mol. The quantitative estimate of drug-likeness (QED) is 0.846. The fourth-order valence-electron chi connectivity index (χ4n) is 6.04. The normalized spacial score (nSPS) is 27.1. The van der Waals surface area contributed by atoms with Crippen molar-refractivity contribution in [3.63, 3.8) is 0 Å². The van der Waals surface area contributed by atoms with Crippen molar-refractivity contribution >= 4 is 16.9 Å². The molecule has 6 nitrogen and oxygen atoms in total. The van der Waals surface area contributed by atoms with Crippen LogP contribution in [0.5, 0.6) is 0 Å². The summed E-state index contributed by atoms with van der Waals surface area (Å²) in [6.45, 7) is 4.56. The first-order chi connectivity index (χ1) is 14.7. The van der Waals surface area contributed by atoms with Crippen LogP contribution in [-0.4, -0.2) is 46.1 Å². The summed E-state index contributed by atoms with van der Waals surface area (Å²) in [6, 6.07) is 6.31. The molecule has 4 fully saturated rings. The van der Waals surface area contributed by atoms with Crippen molar-refractivity contribution in [3.8, 4) is 0 Å². The Balaban J connectivity index is 1.37. The third-order valence-corrected chi connectivity index (χ3v) is 7.96. The highest BCUT2D eigenvalue weighted by Gasteiger charge is 2.38. The number of imidazole rings is 1. The maximum atomic E-state index is 13.4. The first-order valence-electron chi connectivity index (χ1n) is 11.9. The molecule has 2 atom stereocenters. The molecule has 6 rings (SSSR count). The van der Waals surface area contributed by atoms with E-state index in [2.05, 4.69) is 9.88 Å². The summed E-state index contributed by atoms with van der Waals surface area (Å²) >= 11 is 0. The Kier molecular flexibility index (Phi) is 4.52. The molecule has 0 unspecified atom stereocenters. The van der Waals surface area contributed by atoms with Crippen LogP contribution in [-0.2, 0) is 6.54 Å². The SMILES string of the molecule is O=C(c1ccc2c(c1)n(CC1CC1)c(=O)n2C1CCCCC1)N1C[C@H]2CNC[C@H]2C1. The van der Waals surface area contributed by atoms with Gasteiger partial charge in [-0.3, -0.25) is 13.9 Å². The van der Waals surface area contributed by atoms with Gasteiger partial charge in [0, 0.05) is 44.3 Å². The molecule has 2 saturated heterocycles. The number of carbonyl (C=O) groups excluding carboxylic acids is 1. The van der Waals surface area contributed by atoms with Crippen molar-refractivity contribution in [2.24, 2.45) is 17.8 Å². The number of hydrogen-bond acceptors (Lipinski definition) is 3. The predicted octanol–water partition coefficient (Wildman–Crippen LogP) is 3.01. The van der Waals surface area contributed by atoms with E-state index >= 15 is 0 Å². The van der Waals surface area contributed by atoms with E-state index in [1.165, 1.54) is 32.1 Å². The Hall–Kier alpha value is -2.08. The van der Waals surface area contributed by atoms with E-state index in [0.29, 0.717) is 23.8 Å². The minimum absolute atomic E-state index is 0.127. The zero-order valence-corrected chi connectivity index (χ0v) is 17.7. The summed E-state index contributed by atoms with van der Waals surface area (Å²) in [5.41, 5.74) is 2.85. The largest absolute Gasteiger partial charge is 0.338 e. The van der Waals surface area contributed by atoms with E-state index < -0.39 is 0 Å². The molecule has 2 aliphatic heterocycles. The Bertz CT molecular complexity index is 1020. The van der Waals surface area contributed by atoms with Crippen molar-refractivity contribution in [1.29, 1.82) is 0 Å². The molecule has 160 valence electrons. The fourth-order valence-corrected chi connectivity index (χ4v) is 6.04. The van der Waals surface area contributed by atoms with Crippen LogP contribution in [0.1, 0.15) is 61.3 Å². The topological polar surface area (TPSA) is 59.3 Å². The molecule has 1 aromatic carbocycles. The molecule has 30 heavy (non-hydrogen) atoms. The molecule has 3 heterocycles. The molecule has 2 saturated carbocycles. The third-order valence-electron chi connectivity index (χ3n) is 7.96. The van der Waals surface area contributed by atoms with Crippen LogP contribution in [0, 0.1) is 17.8 Å². The number of carbonyl (C=O) groups is 1. The van der Waals surface area contributed by atoms with Gasteiger partial charge < -0.3 is 10.2 Å². The Morgan fingerprint density at radius 1 is 0.967 bits per heavy atom. The second-order valence-corrected chi connectivity index (χ2v) is 10.1. The molecule has 1 N–H and O–H groups in total. The number of nitrogens with zero attached hydrogens (tertiary/aromatic N) is 3. The van der Waals surface area contributed by atoms with Gasteiger partial charge in [0.05, 0.1) is 11.0 Å². The lowest BCUT2D eigenvalue weighted by Gasteiger charge is -2.23. The van der Waals surface area contributed by atoms with Gasteiger partial charge in [-0.1, -0.05) is 19.3 Å². The van der Waals surface area contributed by atoms with Crippen molar-refractivity contribution in [3.05, 3.63) is 34.2 Å². The average molecular weight is 409 g/mol. The lowest BCUT2D eigenvalue weighted by molar-refractivity contribution is 0.0782. The lowest BCUT2D eigenvalue weighted by Crippen LogP contribution is -2.31. The van der Waals surface area contributed by atoms with Gasteiger partial charge in [0.1, 0.15) is 0 Å². The molecular formula is C24H32N4O2. The number of aromatic nitrogens is 2. The molecule has 0 radical (unpaired) electrons. The number of benzene rings is 1. The van der Waals surface area contributed by atoms with Crippen LogP contribution in [0.3, 0.4) is 0 Å². The molecule has 2 aliphatic carbocycles. The zero-order chi connectivity index (χ0) is 20.2. The van der Waals surface area contributed by atoms with Crippen LogP contribution >= 0.6 is 0 Å². The van der Waals surface area contributed by atoms with E-state index in [-0.39, 0.29) is 11.6 Å². The summed E-state index contributed by atoms with van der Waals surface area (Å²) in [5.74, 6) is 1.94. The number of nitrogens with one attached hydrogen (secondary N) is 1. The van der Waals surface area contributed by atoms with Gasteiger partial charge in [-0.2, -0.15) is 0 Å². The van der Waals surface area contributed by atoms with Gasteiger partial charge in [0.2, 0.25) is 0 Å². The third kappa shape index (κ3) is 3.11. The van der Waals surface area contributed by atoms with E-state index in [4.69, 9.17) is 0 Å². The van der Waals surface area contributed by atoms with E-state index in [0.717, 1.165) is 62.2 Å². The fraction of sp³-hybridized carbons (Fsp3) is 0.667. The first-order valence-corrected chi connectivity index (χ1v) is 11.9. The molecule has 1 amide bonds. The van der Waals surface area contributed by atoms with Crippen LogP contribution in [0.15, 0.2) is 23.0 Å². The number of amides is 1. The van der Waals surface area contributed by atoms with E-state index in [1.54, 1.807) is 0 Å². The first kappa shape index (κ1) is 18.7. The predicted molar refractivity (Wildman–Crippen MR) is 117 cm³/mol. The van der Waals surface area contributed by atoms with Crippen LogP contribution in [0.25, 0.3) is 11.0 Å². The Labute approximate surface area is 177 Å². The highest BCUT2D eigenvalue weighted by atomic mass is 16.2. The summed E-state index contributed by atoms with van der Waals surface area (Å²) in [6.07, 6.45) is 8.29. The molecule has 1 aromatic heterocycles.